The number of hydrogen-bond acceptors (Lipinski definition) is 5. The molecule has 2 aromatic heterocycles. The molecule has 0 saturated carbocycles. The largest absolute Gasteiger partial charge is 0.481 e. The summed E-state index contributed by atoms with van der Waals surface area (Å²) in [6, 6.07) is 0. The molecular weight excluding hydrogens is 202 g/mol. The lowest BCUT2D eigenvalue weighted by atomic mass is 10.2. The third-order valence-corrected chi connectivity index (χ3v) is 1.78. The summed E-state index contributed by atoms with van der Waals surface area (Å²) in [6.07, 6.45) is 0.927. The van der Waals surface area contributed by atoms with Crippen molar-refractivity contribution in [2.45, 2.75) is 6.42 Å². The Morgan fingerprint density at radius 3 is 3.07 bits per heavy atom. The van der Waals surface area contributed by atoms with E-state index in [4.69, 9.17) is 10.8 Å². The van der Waals surface area contributed by atoms with Gasteiger partial charge in [-0.05, 0) is 0 Å². The summed E-state index contributed by atoms with van der Waals surface area (Å²) < 4.78 is 1.23. The molecule has 78 valence electrons. The van der Waals surface area contributed by atoms with E-state index in [9.17, 15) is 9.59 Å². The third kappa shape index (κ3) is 1.64. The van der Waals surface area contributed by atoms with Gasteiger partial charge in [-0.2, -0.15) is 4.98 Å². The van der Waals surface area contributed by atoms with Gasteiger partial charge in [0.2, 0.25) is 11.7 Å². The first-order chi connectivity index (χ1) is 7.06. The fourth-order valence-corrected chi connectivity index (χ4v) is 1.19. The van der Waals surface area contributed by atoms with Gasteiger partial charge in [-0.3, -0.25) is 14.6 Å². The second-order valence-corrected chi connectivity index (χ2v) is 2.92. The summed E-state index contributed by atoms with van der Waals surface area (Å²) in [5.41, 5.74) is 4.91. The Morgan fingerprint density at radius 2 is 2.40 bits per heavy atom. The smallest absolute Gasteiger partial charge is 0.308 e. The summed E-state index contributed by atoms with van der Waals surface area (Å²) >= 11 is 0. The topological polar surface area (TPSA) is 126 Å². The maximum atomic E-state index is 11.3. The third-order valence-electron chi connectivity index (χ3n) is 1.78. The number of fused-ring (bicyclic) bond motifs is 1. The van der Waals surface area contributed by atoms with Crippen LogP contribution in [-0.2, 0) is 11.2 Å². The second kappa shape index (κ2) is 3.08. The van der Waals surface area contributed by atoms with Crippen molar-refractivity contribution < 1.29 is 9.90 Å². The number of carboxylic acid groups (broad SMARTS) is 1. The van der Waals surface area contributed by atoms with Gasteiger partial charge in [0.25, 0.3) is 5.56 Å². The highest BCUT2D eigenvalue weighted by Gasteiger charge is 2.09. The fraction of sp³-hybridized carbons (Fsp3) is 0.143. The number of anilines is 1. The quantitative estimate of drug-likeness (QED) is 0.559. The zero-order chi connectivity index (χ0) is 11.0. The first kappa shape index (κ1) is 9.19. The minimum atomic E-state index is -1.09. The van der Waals surface area contributed by atoms with E-state index in [0.717, 1.165) is 0 Å². The van der Waals surface area contributed by atoms with Crippen molar-refractivity contribution in [3.63, 3.8) is 0 Å². The molecule has 8 nitrogen and oxygen atoms in total. The summed E-state index contributed by atoms with van der Waals surface area (Å²) in [4.78, 5) is 27.9. The van der Waals surface area contributed by atoms with Gasteiger partial charge in [0.15, 0.2) is 0 Å². The number of H-pyrrole nitrogens is 1. The normalized spacial score (nSPS) is 10.7. The molecule has 2 aromatic rings. The summed E-state index contributed by atoms with van der Waals surface area (Å²) in [6.45, 7) is 0. The molecule has 0 aromatic carbocycles. The van der Waals surface area contributed by atoms with Crippen LogP contribution in [0.3, 0.4) is 0 Å². The molecule has 0 unspecified atom stereocenters. The van der Waals surface area contributed by atoms with Crippen LogP contribution >= 0.6 is 0 Å². The van der Waals surface area contributed by atoms with Gasteiger partial charge < -0.3 is 10.8 Å². The van der Waals surface area contributed by atoms with Crippen molar-refractivity contribution in [2.24, 2.45) is 0 Å². The molecule has 0 aliphatic carbocycles. The number of aromatic nitrogens is 4. The highest BCUT2D eigenvalue weighted by atomic mass is 16.4. The van der Waals surface area contributed by atoms with Crippen molar-refractivity contribution in [3.8, 4) is 0 Å². The molecule has 8 heteroatoms. The number of aliphatic carboxylic acids is 1. The Balaban J connectivity index is 2.61. The minimum Gasteiger partial charge on any atom is -0.481 e. The van der Waals surface area contributed by atoms with Crippen molar-refractivity contribution in [2.75, 3.05) is 5.73 Å². The average Bonchev–Trinajstić information content (AvgIpc) is 2.44. The number of carboxylic acids is 1. The van der Waals surface area contributed by atoms with E-state index in [0.29, 0.717) is 0 Å². The lowest BCUT2D eigenvalue weighted by Crippen LogP contribution is -2.18. The number of nitrogens with one attached hydrogen (secondary N) is 1. The van der Waals surface area contributed by atoms with E-state index >= 15 is 0 Å². The summed E-state index contributed by atoms with van der Waals surface area (Å²) in [5, 5.41) is 12.3. The second-order valence-electron chi connectivity index (χ2n) is 2.92. The number of nitrogen functional groups attached to an aromatic ring is 1. The Hall–Kier alpha value is -2.38. The van der Waals surface area contributed by atoms with E-state index < -0.39 is 11.5 Å². The van der Waals surface area contributed by atoms with Crippen LogP contribution in [0.2, 0.25) is 0 Å². The first-order valence-corrected chi connectivity index (χ1v) is 4.02. The molecule has 2 heterocycles. The maximum absolute atomic E-state index is 11.3. The standard InChI is InChI=1S/C7H7N5O3/c8-6-10-7-9-5(15)3(1-4(13)14)2-12(7)11-6/h2H,1H2,(H,13,14)(H3,8,9,10,11,15). The number of nitrogens with zero attached hydrogens (tertiary/aromatic N) is 3. The van der Waals surface area contributed by atoms with E-state index in [-0.39, 0.29) is 23.7 Å². The van der Waals surface area contributed by atoms with Crippen LogP contribution in [0.4, 0.5) is 5.95 Å². The van der Waals surface area contributed by atoms with E-state index in [1.807, 2.05) is 0 Å². The van der Waals surface area contributed by atoms with Crippen LogP contribution < -0.4 is 11.3 Å². The first-order valence-electron chi connectivity index (χ1n) is 4.02. The molecule has 0 fully saturated rings. The van der Waals surface area contributed by atoms with Gasteiger partial charge in [-0.15, -0.1) is 5.10 Å². The predicted molar refractivity (Wildman–Crippen MR) is 49.4 cm³/mol. The Kier molecular flexibility index (Phi) is 1.89. The van der Waals surface area contributed by atoms with Crippen LogP contribution in [-0.4, -0.2) is 30.7 Å². The minimum absolute atomic E-state index is 0.0122. The number of aromatic amines is 1. The molecule has 0 atom stereocenters. The number of rotatable bonds is 2. The van der Waals surface area contributed by atoms with E-state index in [1.165, 1.54) is 10.7 Å². The van der Waals surface area contributed by atoms with Crippen molar-refractivity contribution in [1.29, 1.82) is 0 Å². The van der Waals surface area contributed by atoms with Crippen molar-refractivity contribution >= 4 is 17.7 Å². The molecule has 2 rings (SSSR count). The molecule has 0 amide bonds. The van der Waals surface area contributed by atoms with Gasteiger partial charge in [0.05, 0.1) is 6.42 Å². The molecule has 0 aliphatic rings. The highest BCUT2D eigenvalue weighted by Crippen LogP contribution is 1.98. The molecule has 4 N–H and O–H groups in total. The zero-order valence-electron chi connectivity index (χ0n) is 7.47. The summed E-state index contributed by atoms with van der Waals surface area (Å²) in [5.74, 6) is -0.891. The summed E-state index contributed by atoms with van der Waals surface area (Å²) in [7, 11) is 0. The van der Waals surface area contributed by atoms with Crippen LogP contribution in [0.15, 0.2) is 11.0 Å². The monoisotopic (exact) mass is 209 g/mol. The Labute approximate surface area is 82.4 Å². The molecule has 0 bridgehead atoms. The van der Waals surface area contributed by atoms with Crippen LogP contribution in [0.25, 0.3) is 5.78 Å². The average molecular weight is 209 g/mol. The van der Waals surface area contributed by atoms with Gasteiger partial charge >= 0.3 is 5.97 Å². The number of carbonyl (C=O) groups is 1. The van der Waals surface area contributed by atoms with Crippen molar-refractivity contribution in [3.05, 3.63) is 22.1 Å². The molecular formula is C7H7N5O3. The Morgan fingerprint density at radius 1 is 1.67 bits per heavy atom. The molecule has 0 radical (unpaired) electrons. The molecule has 0 spiro atoms. The van der Waals surface area contributed by atoms with Gasteiger partial charge in [0.1, 0.15) is 0 Å². The van der Waals surface area contributed by atoms with Gasteiger partial charge in [-0.25, -0.2) is 4.52 Å². The van der Waals surface area contributed by atoms with Gasteiger partial charge in [0, 0.05) is 11.8 Å². The lowest BCUT2D eigenvalue weighted by Gasteiger charge is -1.96. The number of hydrogen-bond donors (Lipinski definition) is 3. The van der Waals surface area contributed by atoms with E-state index in [1.54, 1.807) is 0 Å². The SMILES string of the molecule is Nc1nc2[nH]c(=O)c(CC(=O)O)cn2n1. The fourth-order valence-electron chi connectivity index (χ4n) is 1.19. The molecule has 0 saturated heterocycles. The predicted octanol–water partition coefficient (Wildman–Crippen LogP) is -1.37. The van der Waals surface area contributed by atoms with Gasteiger partial charge in [-0.1, -0.05) is 0 Å². The molecule has 0 aliphatic heterocycles. The highest BCUT2D eigenvalue weighted by molar-refractivity contribution is 5.69. The van der Waals surface area contributed by atoms with E-state index in [2.05, 4.69) is 15.1 Å². The van der Waals surface area contributed by atoms with Crippen LogP contribution in [0.5, 0.6) is 0 Å². The maximum Gasteiger partial charge on any atom is 0.308 e. The lowest BCUT2D eigenvalue weighted by molar-refractivity contribution is -0.136. The number of nitrogens with two attached hydrogens (primary N) is 1. The zero-order valence-corrected chi connectivity index (χ0v) is 7.47. The Bertz CT molecular complexity index is 584. The van der Waals surface area contributed by atoms with Crippen LogP contribution in [0, 0.1) is 0 Å². The van der Waals surface area contributed by atoms with Crippen LogP contribution in [0.1, 0.15) is 5.56 Å². The van der Waals surface area contributed by atoms with Crippen molar-refractivity contribution in [1.82, 2.24) is 19.6 Å². The molecule has 15 heavy (non-hydrogen) atoms.